The standard InChI is InChI=1S/C7H6N2.Pd/c1-2-4-7-6(3-1)8-5-9-7;/h1-4,8-9H;. The number of hydrogen-bond acceptors (Lipinski definition) is 0. The Kier molecular flexibility index (Phi) is 1.33. The third-order valence-electron chi connectivity index (χ3n) is 1.40. The van der Waals surface area contributed by atoms with Crippen molar-refractivity contribution in [3.05, 3.63) is 28.2 Å². The minimum absolute atomic E-state index is 0.948. The summed E-state index contributed by atoms with van der Waals surface area (Å²) in [4.78, 5) is 6.27. The molecule has 0 atom stereocenters. The number of aromatic amines is 2. The summed E-state index contributed by atoms with van der Waals surface area (Å²) in [7, 11) is 0. The summed E-state index contributed by atoms with van der Waals surface area (Å²) in [6.07, 6.45) is 0. The Morgan fingerprint density at radius 1 is 1.00 bits per heavy atom. The van der Waals surface area contributed by atoms with Crippen molar-refractivity contribution in [2.45, 2.75) is 0 Å². The monoisotopic (exact) mass is 224 g/mol. The third kappa shape index (κ3) is 0.881. The molecule has 1 heterocycles. The van der Waals surface area contributed by atoms with Gasteiger partial charge < -0.3 is 0 Å². The van der Waals surface area contributed by atoms with Crippen molar-refractivity contribution >= 4 is 11.0 Å². The molecule has 0 fully saturated rings. The van der Waals surface area contributed by atoms with Crippen LogP contribution in [0.1, 0.15) is 0 Å². The number of H-pyrrole nitrogens is 2. The number of benzene rings is 1. The van der Waals surface area contributed by atoms with Crippen molar-refractivity contribution in [3.8, 4) is 0 Å². The summed E-state index contributed by atoms with van der Waals surface area (Å²) < 4.78 is 0.948. The van der Waals surface area contributed by atoms with E-state index in [-0.39, 0.29) is 0 Å². The van der Waals surface area contributed by atoms with Crippen LogP contribution >= 0.6 is 0 Å². The zero-order valence-corrected chi connectivity index (χ0v) is 6.68. The molecular weight excluding hydrogens is 219 g/mol. The summed E-state index contributed by atoms with van der Waals surface area (Å²) >= 11 is 3.05. The van der Waals surface area contributed by atoms with Gasteiger partial charge in [-0.2, -0.15) is 0 Å². The maximum atomic E-state index is 3.14. The molecule has 0 spiro atoms. The van der Waals surface area contributed by atoms with E-state index < -0.39 is 0 Å². The molecule has 2 rings (SSSR count). The van der Waals surface area contributed by atoms with Gasteiger partial charge in [-0.3, -0.25) is 0 Å². The molecule has 0 aliphatic rings. The number of hydrogen-bond donors (Lipinski definition) is 2. The number of rotatable bonds is 0. The molecule has 0 saturated heterocycles. The van der Waals surface area contributed by atoms with E-state index in [1.54, 1.807) is 0 Å². The Balaban J connectivity index is 3.01. The molecule has 3 heteroatoms. The summed E-state index contributed by atoms with van der Waals surface area (Å²) in [5.74, 6) is 0. The van der Waals surface area contributed by atoms with Gasteiger partial charge >= 0.3 is 67.9 Å². The molecule has 0 unspecified atom stereocenters. The van der Waals surface area contributed by atoms with Crippen LogP contribution in [0.15, 0.2) is 24.3 Å². The third-order valence-corrected chi connectivity index (χ3v) is 1.79. The maximum absolute atomic E-state index is 3.14. The van der Waals surface area contributed by atoms with Crippen molar-refractivity contribution in [1.82, 2.24) is 9.97 Å². The number of fused-ring (bicyclic) bond motifs is 1. The Morgan fingerprint density at radius 2 is 1.50 bits per heavy atom. The fourth-order valence-electron chi connectivity index (χ4n) is 0.952. The molecule has 1 aromatic heterocycles. The summed E-state index contributed by atoms with van der Waals surface area (Å²) in [5, 5.41) is 0. The summed E-state index contributed by atoms with van der Waals surface area (Å²) in [6, 6.07) is 8.07. The summed E-state index contributed by atoms with van der Waals surface area (Å²) in [5.41, 5.74) is 2.26. The second-order valence-electron chi connectivity index (χ2n) is 2.08. The predicted molar refractivity (Wildman–Crippen MR) is 35.9 cm³/mol. The van der Waals surface area contributed by atoms with Crippen molar-refractivity contribution in [2.75, 3.05) is 0 Å². The van der Waals surface area contributed by atoms with Crippen LogP contribution in [0.2, 0.25) is 0 Å². The van der Waals surface area contributed by atoms with E-state index >= 15 is 0 Å². The number of aromatic nitrogens is 2. The average molecular weight is 225 g/mol. The number of nitrogens with one attached hydrogen (secondary N) is 2. The van der Waals surface area contributed by atoms with Crippen LogP contribution in [0, 0.1) is 3.89 Å². The second kappa shape index (κ2) is 2.19. The first-order chi connectivity index (χ1) is 4.86. The van der Waals surface area contributed by atoms with Crippen LogP contribution in [0.3, 0.4) is 0 Å². The zero-order chi connectivity index (χ0) is 6.97. The van der Waals surface area contributed by atoms with Crippen LogP contribution in [-0.4, -0.2) is 9.97 Å². The molecule has 0 amide bonds. The Bertz CT molecular complexity index is 363. The van der Waals surface area contributed by atoms with Gasteiger partial charge in [0.25, 0.3) is 0 Å². The van der Waals surface area contributed by atoms with Gasteiger partial charge in [-0.25, -0.2) is 0 Å². The van der Waals surface area contributed by atoms with E-state index in [4.69, 9.17) is 0 Å². The van der Waals surface area contributed by atoms with E-state index in [0.29, 0.717) is 0 Å². The molecule has 0 bridgehead atoms. The van der Waals surface area contributed by atoms with E-state index in [0.717, 1.165) is 14.9 Å². The fourth-order valence-corrected chi connectivity index (χ4v) is 1.37. The fraction of sp³-hybridized carbons (Fsp3) is 0. The van der Waals surface area contributed by atoms with Gasteiger partial charge in [0.15, 0.2) is 0 Å². The van der Waals surface area contributed by atoms with Crippen molar-refractivity contribution in [2.24, 2.45) is 0 Å². The molecule has 2 aromatic rings. The van der Waals surface area contributed by atoms with E-state index in [9.17, 15) is 0 Å². The average Bonchev–Trinajstić information content (AvgIpc) is 2.27. The first kappa shape index (κ1) is 6.09. The van der Waals surface area contributed by atoms with Gasteiger partial charge in [0.05, 0.1) is 0 Å². The quantitative estimate of drug-likeness (QED) is 0.637. The Hall–Kier alpha value is -0.648. The first-order valence-electron chi connectivity index (χ1n) is 2.99. The second-order valence-corrected chi connectivity index (χ2v) is 2.86. The van der Waals surface area contributed by atoms with Gasteiger partial charge in [0.2, 0.25) is 0 Å². The molecule has 0 radical (unpaired) electrons. The zero-order valence-electron chi connectivity index (χ0n) is 5.13. The van der Waals surface area contributed by atoms with Crippen LogP contribution < -0.4 is 0 Å². The normalized spacial score (nSPS) is 10.6. The van der Waals surface area contributed by atoms with Gasteiger partial charge in [0.1, 0.15) is 0 Å². The van der Waals surface area contributed by atoms with Crippen LogP contribution in [0.4, 0.5) is 0 Å². The van der Waals surface area contributed by atoms with Crippen LogP contribution in [0.5, 0.6) is 0 Å². The molecule has 0 aliphatic heterocycles. The van der Waals surface area contributed by atoms with Crippen molar-refractivity contribution in [3.63, 3.8) is 0 Å². The van der Waals surface area contributed by atoms with E-state index in [1.165, 1.54) is 0 Å². The van der Waals surface area contributed by atoms with Gasteiger partial charge in [0, 0.05) is 0 Å². The van der Waals surface area contributed by atoms with Crippen LogP contribution in [-0.2, 0) is 18.7 Å². The minimum atomic E-state index is 0.948. The molecule has 0 aliphatic carbocycles. The van der Waals surface area contributed by atoms with Crippen LogP contribution in [0.25, 0.3) is 11.0 Å². The predicted octanol–water partition coefficient (Wildman–Crippen LogP) is 1.57. The van der Waals surface area contributed by atoms with E-state index in [1.807, 2.05) is 24.3 Å². The molecular formula is C7H6N2Pd. The number of para-hydroxylation sites is 2. The SMILES string of the molecule is [Pd]=[c]1[nH]c2ccccc2[nH]1. The van der Waals surface area contributed by atoms with Crippen molar-refractivity contribution in [1.29, 1.82) is 0 Å². The Morgan fingerprint density at radius 3 is 2.00 bits per heavy atom. The molecule has 2 N–H and O–H groups in total. The molecule has 10 heavy (non-hydrogen) atoms. The van der Waals surface area contributed by atoms with Gasteiger partial charge in [-0.1, -0.05) is 0 Å². The summed E-state index contributed by atoms with van der Waals surface area (Å²) in [6.45, 7) is 0. The number of imidazole rings is 1. The van der Waals surface area contributed by atoms with E-state index in [2.05, 4.69) is 28.7 Å². The molecule has 1 aromatic carbocycles. The molecule has 0 saturated carbocycles. The van der Waals surface area contributed by atoms with Crippen molar-refractivity contribution < 1.29 is 18.7 Å². The van der Waals surface area contributed by atoms with Gasteiger partial charge in [-0.05, 0) is 0 Å². The molecule has 54 valence electrons. The van der Waals surface area contributed by atoms with Gasteiger partial charge in [-0.15, -0.1) is 0 Å². The topological polar surface area (TPSA) is 31.6 Å². The first-order valence-corrected chi connectivity index (χ1v) is 3.76. The molecule has 2 nitrogen and oxygen atoms in total. The Labute approximate surface area is 68.2 Å².